The molecule has 1 aromatic heterocycles. The van der Waals surface area contributed by atoms with Gasteiger partial charge in [0.25, 0.3) is 0 Å². The third-order valence-electron chi connectivity index (χ3n) is 2.64. The largest absolute Gasteiger partial charge is 0.492 e. The quantitative estimate of drug-likeness (QED) is 0.327. The number of hydrogen-bond acceptors (Lipinski definition) is 7. The summed E-state index contributed by atoms with van der Waals surface area (Å²) in [5.74, 6) is 1.37. The first-order valence-electron chi connectivity index (χ1n) is 6.74. The Morgan fingerprint density at radius 1 is 1.45 bits per heavy atom. The molecule has 2 rings (SSSR count). The van der Waals surface area contributed by atoms with Crippen molar-refractivity contribution in [1.29, 1.82) is 0 Å². The van der Waals surface area contributed by atoms with Gasteiger partial charge in [-0.3, -0.25) is 4.79 Å². The number of aromatic nitrogens is 2. The van der Waals surface area contributed by atoms with Crippen LogP contribution in [0.5, 0.6) is 5.75 Å². The Labute approximate surface area is 137 Å². The number of nitrogens with one attached hydrogen (secondary N) is 1. The van der Waals surface area contributed by atoms with Crippen LogP contribution in [0.25, 0.3) is 0 Å². The number of nitrogens with zero attached hydrogens (tertiary/aromatic N) is 2. The summed E-state index contributed by atoms with van der Waals surface area (Å²) in [6.07, 6.45) is 1.77. The molecule has 0 bridgehead atoms. The summed E-state index contributed by atoms with van der Waals surface area (Å²) >= 11 is 3.08. The Morgan fingerprint density at radius 2 is 2.27 bits per heavy atom. The molecule has 0 spiro atoms. The number of ketones is 1. The first-order chi connectivity index (χ1) is 10.7. The number of hydrogen-bond donors (Lipinski definition) is 1. The number of carbonyl (C=O) groups excluding carboxylic acids is 1. The molecule has 0 amide bonds. The number of para-hydroxylation sites is 1. The highest BCUT2D eigenvalue weighted by Gasteiger charge is 2.08. The Hall–Kier alpha value is -1.86. The van der Waals surface area contributed by atoms with Crippen molar-refractivity contribution in [3.8, 4) is 5.75 Å². The van der Waals surface area contributed by atoms with Crippen LogP contribution in [-0.2, 0) is 0 Å². The lowest BCUT2D eigenvalue weighted by Crippen LogP contribution is -2.04. The average Bonchev–Trinajstić information content (AvgIpc) is 2.97. The van der Waals surface area contributed by atoms with Crippen molar-refractivity contribution in [2.75, 3.05) is 24.2 Å². The van der Waals surface area contributed by atoms with Crippen LogP contribution in [0.2, 0.25) is 0 Å². The first-order valence-corrected chi connectivity index (χ1v) is 8.54. The maximum Gasteiger partial charge on any atom is 0.206 e. The topological polar surface area (TPSA) is 64.1 Å². The van der Waals surface area contributed by atoms with Crippen LogP contribution in [0.15, 0.2) is 41.3 Å². The van der Waals surface area contributed by atoms with Crippen molar-refractivity contribution in [3.05, 3.63) is 42.5 Å². The van der Waals surface area contributed by atoms with Gasteiger partial charge in [0, 0.05) is 12.3 Å². The highest BCUT2D eigenvalue weighted by Crippen LogP contribution is 2.25. The van der Waals surface area contributed by atoms with Gasteiger partial charge >= 0.3 is 0 Å². The van der Waals surface area contributed by atoms with Gasteiger partial charge in [0.15, 0.2) is 10.1 Å². The number of carbonyl (C=O) groups is 1. The molecular formula is C15H17N3O2S2. The van der Waals surface area contributed by atoms with Crippen molar-refractivity contribution in [2.45, 2.75) is 11.3 Å². The monoisotopic (exact) mass is 335 g/mol. The van der Waals surface area contributed by atoms with E-state index in [2.05, 4.69) is 22.1 Å². The number of rotatable bonds is 9. The van der Waals surface area contributed by atoms with E-state index in [4.69, 9.17) is 4.74 Å². The van der Waals surface area contributed by atoms with E-state index >= 15 is 0 Å². The summed E-state index contributed by atoms with van der Waals surface area (Å²) in [7, 11) is 0. The van der Waals surface area contributed by atoms with Gasteiger partial charge in [-0.1, -0.05) is 41.3 Å². The van der Waals surface area contributed by atoms with E-state index < -0.39 is 0 Å². The van der Waals surface area contributed by atoms with Crippen molar-refractivity contribution in [2.24, 2.45) is 0 Å². The second-order valence-electron chi connectivity index (χ2n) is 4.29. The number of Topliss-reactive ketones (excluding diaryl/α,β-unsaturated/α-hetero) is 1. The van der Waals surface area contributed by atoms with Crippen LogP contribution in [0.4, 0.5) is 5.13 Å². The lowest BCUT2D eigenvalue weighted by Gasteiger charge is -2.08. The molecule has 7 heteroatoms. The van der Waals surface area contributed by atoms with Crippen LogP contribution in [-0.4, -0.2) is 34.9 Å². The smallest absolute Gasteiger partial charge is 0.206 e. The van der Waals surface area contributed by atoms with Crippen molar-refractivity contribution in [1.82, 2.24) is 10.2 Å². The molecule has 5 nitrogen and oxygen atoms in total. The number of ether oxygens (including phenoxy) is 1. The lowest BCUT2D eigenvalue weighted by atomic mass is 10.1. The van der Waals surface area contributed by atoms with Gasteiger partial charge in [-0.25, -0.2) is 0 Å². The molecule has 0 saturated heterocycles. The summed E-state index contributed by atoms with van der Waals surface area (Å²) in [6, 6.07) is 7.27. The molecule has 1 heterocycles. The Kier molecular flexibility index (Phi) is 6.42. The maximum absolute atomic E-state index is 11.5. The molecule has 0 aliphatic heterocycles. The fourth-order valence-corrected chi connectivity index (χ4v) is 3.31. The zero-order valence-electron chi connectivity index (χ0n) is 12.2. The average molecular weight is 335 g/mol. The molecule has 0 fully saturated rings. The predicted octanol–water partition coefficient (Wildman–Crippen LogP) is 3.51. The fourth-order valence-electron chi connectivity index (χ4n) is 1.66. The van der Waals surface area contributed by atoms with Gasteiger partial charge < -0.3 is 10.1 Å². The highest BCUT2D eigenvalue weighted by molar-refractivity contribution is 8.01. The SMILES string of the molecule is C=CCNc1nnc(SCCOc2ccccc2C(C)=O)s1. The molecule has 2 aromatic rings. The van der Waals surface area contributed by atoms with Crippen LogP contribution in [0.1, 0.15) is 17.3 Å². The number of anilines is 1. The maximum atomic E-state index is 11.5. The Bertz CT molecular complexity index is 643. The molecule has 0 radical (unpaired) electrons. The first kappa shape index (κ1) is 16.5. The normalized spacial score (nSPS) is 10.2. The van der Waals surface area contributed by atoms with Gasteiger partial charge in [-0.2, -0.15) is 0 Å². The van der Waals surface area contributed by atoms with Crippen molar-refractivity contribution >= 4 is 34.0 Å². The lowest BCUT2D eigenvalue weighted by molar-refractivity contribution is 0.101. The van der Waals surface area contributed by atoms with Gasteiger partial charge in [-0.05, 0) is 19.1 Å². The standard InChI is InChI=1S/C15H17N3O2S2/c1-3-8-16-14-17-18-15(22-14)21-10-9-20-13-7-5-4-6-12(13)11(2)19/h3-7H,1,8-10H2,2H3,(H,16,17). The predicted molar refractivity (Wildman–Crippen MR) is 91.3 cm³/mol. The summed E-state index contributed by atoms with van der Waals surface area (Å²) in [6.45, 7) is 6.35. The second-order valence-corrected chi connectivity index (χ2v) is 6.61. The molecule has 0 aliphatic carbocycles. The molecular weight excluding hydrogens is 318 g/mol. The van der Waals surface area contributed by atoms with Crippen LogP contribution >= 0.6 is 23.1 Å². The van der Waals surface area contributed by atoms with E-state index in [0.29, 0.717) is 24.5 Å². The Morgan fingerprint density at radius 3 is 3.05 bits per heavy atom. The number of thioether (sulfide) groups is 1. The summed E-state index contributed by atoms with van der Waals surface area (Å²) < 4.78 is 6.56. The van der Waals surface area contributed by atoms with E-state index in [9.17, 15) is 4.79 Å². The summed E-state index contributed by atoms with van der Waals surface area (Å²) in [5.41, 5.74) is 0.610. The van der Waals surface area contributed by atoms with Crippen LogP contribution < -0.4 is 10.1 Å². The van der Waals surface area contributed by atoms with E-state index in [1.807, 2.05) is 18.2 Å². The van der Waals surface area contributed by atoms with E-state index in [-0.39, 0.29) is 5.78 Å². The van der Waals surface area contributed by atoms with Gasteiger partial charge in [0.1, 0.15) is 5.75 Å². The van der Waals surface area contributed by atoms with E-state index in [1.54, 1.807) is 23.9 Å². The van der Waals surface area contributed by atoms with Gasteiger partial charge in [-0.15, -0.1) is 16.8 Å². The number of benzene rings is 1. The summed E-state index contributed by atoms with van der Waals surface area (Å²) in [5, 5.41) is 12.0. The fraction of sp³-hybridized carbons (Fsp3) is 0.267. The van der Waals surface area contributed by atoms with Crippen molar-refractivity contribution in [3.63, 3.8) is 0 Å². The Balaban J connectivity index is 1.79. The van der Waals surface area contributed by atoms with Crippen LogP contribution in [0.3, 0.4) is 0 Å². The molecule has 0 aliphatic rings. The molecule has 1 aromatic carbocycles. The van der Waals surface area contributed by atoms with Gasteiger partial charge in [0.2, 0.25) is 5.13 Å². The highest BCUT2D eigenvalue weighted by atomic mass is 32.2. The molecule has 1 N–H and O–H groups in total. The van der Waals surface area contributed by atoms with Crippen molar-refractivity contribution < 1.29 is 9.53 Å². The van der Waals surface area contributed by atoms with Gasteiger partial charge in [0.05, 0.1) is 12.2 Å². The molecule has 0 unspecified atom stereocenters. The third-order valence-corrected chi connectivity index (χ3v) is 4.62. The van der Waals surface area contributed by atoms with E-state index in [0.717, 1.165) is 15.2 Å². The molecule has 0 saturated carbocycles. The molecule has 116 valence electrons. The minimum absolute atomic E-state index is 0.00492. The molecule has 0 atom stereocenters. The minimum Gasteiger partial charge on any atom is -0.492 e. The minimum atomic E-state index is 0.00492. The van der Waals surface area contributed by atoms with Crippen LogP contribution in [0, 0.1) is 0 Å². The zero-order valence-corrected chi connectivity index (χ0v) is 13.9. The third kappa shape index (κ3) is 4.85. The molecule has 22 heavy (non-hydrogen) atoms. The zero-order chi connectivity index (χ0) is 15.8. The summed E-state index contributed by atoms with van der Waals surface area (Å²) in [4.78, 5) is 11.5. The van der Waals surface area contributed by atoms with E-state index in [1.165, 1.54) is 18.3 Å². The second kappa shape index (κ2) is 8.55.